The van der Waals surface area contributed by atoms with Crippen LogP contribution in [0.2, 0.25) is 0 Å². The predicted octanol–water partition coefficient (Wildman–Crippen LogP) is 7.24. The molecule has 0 saturated carbocycles. The molecule has 3 rings (SSSR count). The van der Waals surface area contributed by atoms with Crippen LogP contribution in [-0.4, -0.2) is 22.0 Å². The van der Waals surface area contributed by atoms with Gasteiger partial charge in [-0.05, 0) is 44.0 Å². The van der Waals surface area contributed by atoms with Crippen LogP contribution in [0.3, 0.4) is 0 Å². The highest BCUT2D eigenvalue weighted by Gasteiger charge is 2.11. The fraction of sp³-hybridized carbons (Fsp3) is 0.517. The van der Waals surface area contributed by atoms with Gasteiger partial charge in [-0.1, -0.05) is 88.1 Å². The van der Waals surface area contributed by atoms with Crippen LogP contribution in [0.1, 0.15) is 92.9 Å². The van der Waals surface area contributed by atoms with Gasteiger partial charge in [0.2, 0.25) is 0 Å². The minimum Gasteiger partial charge on any atom is -0.352 e. The average molecular weight is 448 g/mol. The summed E-state index contributed by atoms with van der Waals surface area (Å²) in [7, 11) is 0. The highest BCUT2D eigenvalue weighted by molar-refractivity contribution is 5.94. The number of hydrogen-bond donors (Lipinski definition) is 1. The standard InChI is InChI=1S/C29H41N3O/c1-3-4-5-6-7-8-9-10-13-23-32-27-16-12-11-15-26(27)31-28(32)17-14-22-30-29(33)25-20-18-24(2)19-21-25/h11-12,15-16,18-21H,3-10,13-14,17,22-23H2,1-2H3,(H,30,33). The van der Waals surface area contributed by atoms with Crippen LogP contribution in [-0.2, 0) is 13.0 Å². The second kappa shape index (κ2) is 13.8. The molecular formula is C29H41N3O. The summed E-state index contributed by atoms with van der Waals surface area (Å²) in [6.07, 6.45) is 13.8. The second-order valence-electron chi connectivity index (χ2n) is 9.22. The molecule has 0 bridgehead atoms. The molecule has 1 aromatic heterocycles. The zero-order valence-electron chi connectivity index (χ0n) is 20.6. The SMILES string of the molecule is CCCCCCCCCCCn1c(CCCNC(=O)c2ccc(C)cc2)nc2ccccc21. The maximum atomic E-state index is 12.3. The van der Waals surface area contributed by atoms with E-state index < -0.39 is 0 Å². The molecule has 2 aromatic carbocycles. The highest BCUT2D eigenvalue weighted by atomic mass is 16.1. The minimum atomic E-state index is -0.00167. The van der Waals surface area contributed by atoms with Crippen LogP contribution in [0.5, 0.6) is 0 Å². The summed E-state index contributed by atoms with van der Waals surface area (Å²) >= 11 is 0. The topological polar surface area (TPSA) is 46.9 Å². The third-order valence-corrected chi connectivity index (χ3v) is 6.40. The Balaban J connectivity index is 1.45. The van der Waals surface area contributed by atoms with Gasteiger partial charge in [0, 0.05) is 25.1 Å². The van der Waals surface area contributed by atoms with Crippen LogP contribution >= 0.6 is 0 Å². The third-order valence-electron chi connectivity index (χ3n) is 6.40. The Labute approximate surface area is 199 Å². The van der Waals surface area contributed by atoms with Gasteiger partial charge in [0.05, 0.1) is 11.0 Å². The van der Waals surface area contributed by atoms with Crippen LogP contribution in [0.25, 0.3) is 11.0 Å². The summed E-state index contributed by atoms with van der Waals surface area (Å²) in [5.74, 6) is 1.14. The van der Waals surface area contributed by atoms with Gasteiger partial charge < -0.3 is 9.88 Å². The van der Waals surface area contributed by atoms with Gasteiger partial charge in [-0.3, -0.25) is 4.79 Å². The molecule has 4 nitrogen and oxygen atoms in total. The van der Waals surface area contributed by atoms with Crippen LogP contribution in [0.15, 0.2) is 48.5 Å². The number of nitrogens with one attached hydrogen (secondary N) is 1. The smallest absolute Gasteiger partial charge is 0.251 e. The van der Waals surface area contributed by atoms with Crippen molar-refractivity contribution in [2.45, 2.75) is 91.0 Å². The van der Waals surface area contributed by atoms with Crippen molar-refractivity contribution in [1.29, 1.82) is 0 Å². The Morgan fingerprint density at radius 1 is 0.848 bits per heavy atom. The van der Waals surface area contributed by atoms with E-state index in [1.807, 2.05) is 31.2 Å². The van der Waals surface area contributed by atoms with Gasteiger partial charge in [0.1, 0.15) is 5.82 Å². The van der Waals surface area contributed by atoms with E-state index in [-0.39, 0.29) is 5.91 Å². The van der Waals surface area contributed by atoms with Crippen molar-refractivity contribution in [2.24, 2.45) is 0 Å². The number of carbonyl (C=O) groups is 1. The van der Waals surface area contributed by atoms with Crippen molar-refractivity contribution < 1.29 is 4.79 Å². The first-order valence-corrected chi connectivity index (χ1v) is 13.0. The van der Waals surface area contributed by atoms with Gasteiger partial charge in [-0.15, -0.1) is 0 Å². The number of para-hydroxylation sites is 2. The fourth-order valence-electron chi connectivity index (χ4n) is 4.40. The maximum Gasteiger partial charge on any atom is 0.251 e. The average Bonchev–Trinajstić information content (AvgIpc) is 3.18. The van der Waals surface area contributed by atoms with Gasteiger partial charge in [-0.2, -0.15) is 0 Å². The zero-order chi connectivity index (χ0) is 23.3. The Bertz CT molecular complexity index is 974. The fourth-order valence-corrected chi connectivity index (χ4v) is 4.40. The molecule has 0 atom stereocenters. The molecule has 178 valence electrons. The summed E-state index contributed by atoms with van der Waals surface area (Å²) in [6.45, 7) is 5.99. The molecule has 4 heteroatoms. The van der Waals surface area contributed by atoms with Gasteiger partial charge in [0.25, 0.3) is 5.91 Å². The van der Waals surface area contributed by atoms with Crippen molar-refractivity contribution in [1.82, 2.24) is 14.9 Å². The van der Waals surface area contributed by atoms with Crippen LogP contribution in [0, 0.1) is 6.92 Å². The molecule has 33 heavy (non-hydrogen) atoms. The monoisotopic (exact) mass is 447 g/mol. The number of fused-ring (bicyclic) bond motifs is 1. The highest BCUT2D eigenvalue weighted by Crippen LogP contribution is 2.19. The van der Waals surface area contributed by atoms with E-state index in [1.165, 1.54) is 63.3 Å². The first kappa shape index (κ1) is 25.0. The number of aromatic nitrogens is 2. The molecule has 0 aliphatic carbocycles. The molecule has 1 N–H and O–H groups in total. The van der Waals surface area contributed by atoms with Crippen molar-refractivity contribution in [3.05, 3.63) is 65.5 Å². The van der Waals surface area contributed by atoms with Crippen molar-refractivity contribution in [2.75, 3.05) is 6.54 Å². The third kappa shape index (κ3) is 8.03. The lowest BCUT2D eigenvalue weighted by Gasteiger charge is -2.10. The largest absolute Gasteiger partial charge is 0.352 e. The molecule has 1 heterocycles. The summed E-state index contributed by atoms with van der Waals surface area (Å²) in [5, 5.41) is 3.05. The van der Waals surface area contributed by atoms with E-state index in [2.05, 4.69) is 41.1 Å². The Morgan fingerprint density at radius 3 is 2.24 bits per heavy atom. The summed E-state index contributed by atoms with van der Waals surface area (Å²) in [5.41, 5.74) is 4.19. The Morgan fingerprint density at radius 2 is 1.52 bits per heavy atom. The number of amides is 1. The van der Waals surface area contributed by atoms with E-state index in [4.69, 9.17) is 4.98 Å². The summed E-state index contributed by atoms with van der Waals surface area (Å²) in [4.78, 5) is 17.2. The lowest BCUT2D eigenvalue weighted by molar-refractivity contribution is 0.0953. The predicted molar refractivity (Wildman–Crippen MR) is 139 cm³/mol. The zero-order valence-corrected chi connectivity index (χ0v) is 20.6. The summed E-state index contributed by atoms with van der Waals surface area (Å²) in [6, 6.07) is 16.2. The Hall–Kier alpha value is -2.62. The molecule has 0 fully saturated rings. The maximum absolute atomic E-state index is 12.3. The second-order valence-corrected chi connectivity index (χ2v) is 9.22. The molecule has 0 radical (unpaired) electrons. The van der Waals surface area contributed by atoms with Crippen molar-refractivity contribution >= 4 is 16.9 Å². The van der Waals surface area contributed by atoms with Gasteiger partial charge in [-0.25, -0.2) is 4.98 Å². The first-order chi connectivity index (χ1) is 16.2. The molecule has 1 amide bonds. The molecule has 0 aliphatic rings. The van der Waals surface area contributed by atoms with E-state index in [0.717, 1.165) is 41.9 Å². The lowest BCUT2D eigenvalue weighted by atomic mass is 10.1. The molecule has 3 aromatic rings. The quantitative estimate of drug-likeness (QED) is 0.250. The minimum absolute atomic E-state index is 0.00167. The van der Waals surface area contributed by atoms with Crippen molar-refractivity contribution in [3.8, 4) is 0 Å². The van der Waals surface area contributed by atoms with E-state index in [0.29, 0.717) is 6.54 Å². The molecule has 0 spiro atoms. The number of rotatable bonds is 15. The van der Waals surface area contributed by atoms with Crippen LogP contribution < -0.4 is 5.32 Å². The van der Waals surface area contributed by atoms with E-state index >= 15 is 0 Å². The Kier molecular flexibility index (Phi) is 10.5. The number of benzene rings is 2. The number of imidazole rings is 1. The van der Waals surface area contributed by atoms with Gasteiger partial charge >= 0.3 is 0 Å². The normalized spacial score (nSPS) is 11.2. The number of hydrogen-bond acceptors (Lipinski definition) is 2. The number of carbonyl (C=O) groups excluding carboxylic acids is 1. The first-order valence-electron chi connectivity index (χ1n) is 13.0. The lowest BCUT2D eigenvalue weighted by Crippen LogP contribution is -2.25. The van der Waals surface area contributed by atoms with Gasteiger partial charge in [0.15, 0.2) is 0 Å². The number of unbranched alkanes of at least 4 members (excludes halogenated alkanes) is 8. The molecular weight excluding hydrogens is 406 g/mol. The summed E-state index contributed by atoms with van der Waals surface area (Å²) < 4.78 is 2.40. The number of nitrogens with zero attached hydrogens (tertiary/aromatic N) is 2. The van der Waals surface area contributed by atoms with Crippen molar-refractivity contribution in [3.63, 3.8) is 0 Å². The van der Waals surface area contributed by atoms with Crippen LogP contribution in [0.4, 0.5) is 0 Å². The van der Waals surface area contributed by atoms with E-state index in [1.54, 1.807) is 0 Å². The van der Waals surface area contributed by atoms with E-state index in [9.17, 15) is 4.79 Å². The number of aryl methyl sites for hydroxylation is 3. The molecule has 0 aliphatic heterocycles. The molecule has 0 unspecified atom stereocenters. The molecule has 0 saturated heterocycles.